The van der Waals surface area contributed by atoms with Gasteiger partial charge in [-0.25, -0.2) is 0 Å². The van der Waals surface area contributed by atoms with Crippen LogP contribution in [-0.4, -0.2) is 0 Å². The summed E-state index contributed by atoms with van der Waals surface area (Å²) in [5.41, 5.74) is 5.66. The molecule has 0 saturated heterocycles. The van der Waals surface area contributed by atoms with Gasteiger partial charge in [0.15, 0.2) is 0 Å². The van der Waals surface area contributed by atoms with E-state index in [9.17, 15) is 0 Å². The normalized spacial score (nSPS) is 13.1. The van der Waals surface area contributed by atoms with Gasteiger partial charge in [0.1, 0.15) is 0 Å². The molecule has 0 spiro atoms. The zero-order valence-electron chi connectivity index (χ0n) is 16.6. The molecule has 0 unspecified atom stereocenters. The van der Waals surface area contributed by atoms with Gasteiger partial charge in [0.2, 0.25) is 0 Å². The molecule has 1 aliphatic rings. The quantitative estimate of drug-likeness (QED) is 0.455. The third-order valence-electron chi connectivity index (χ3n) is 5.31. The minimum atomic E-state index is 0.997. The van der Waals surface area contributed by atoms with Crippen LogP contribution in [0.5, 0.6) is 0 Å². The lowest BCUT2D eigenvalue weighted by molar-refractivity contribution is 1.07. The molecule has 1 heterocycles. The van der Waals surface area contributed by atoms with Gasteiger partial charge in [-0.1, -0.05) is 79.8 Å². The Morgan fingerprint density at radius 1 is 1.04 bits per heavy atom. The number of thiophene rings is 1. The maximum atomic E-state index is 2.41. The number of allylic oxidation sites excluding steroid dienone is 4. The van der Waals surface area contributed by atoms with Crippen LogP contribution in [0, 0.1) is 0 Å². The molecular weight excluding hydrogens is 356 g/mol. The lowest BCUT2D eigenvalue weighted by Crippen LogP contribution is -2.29. The summed E-state index contributed by atoms with van der Waals surface area (Å²) >= 11 is 1.90. The zero-order chi connectivity index (χ0) is 19.3. The third-order valence-corrected chi connectivity index (χ3v) is 6.46. The number of fused-ring (bicyclic) bond motifs is 1. The molecule has 1 heteroatoms. The summed E-state index contributed by atoms with van der Waals surface area (Å²) in [7, 11) is 0. The molecule has 28 heavy (non-hydrogen) atoms. The van der Waals surface area contributed by atoms with Crippen molar-refractivity contribution in [2.24, 2.45) is 0 Å². The molecule has 0 N–H and O–H groups in total. The molecule has 140 valence electrons. The van der Waals surface area contributed by atoms with Crippen LogP contribution < -0.4 is 10.4 Å². The lowest BCUT2D eigenvalue weighted by Gasteiger charge is -2.14. The van der Waals surface area contributed by atoms with Gasteiger partial charge in [-0.2, -0.15) is 0 Å². The van der Waals surface area contributed by atoms with E-state index in [-0.39, 0.29) is 0 Å². The molecule has 1 aromatic heterocycles. The van der Waals surface area contributed by atoms with E-state index >= 15 is 0 Å². The Bertz CT molecular complexity index is 1140. The molecule has 0 radical (unpaired) electrons. The highest BCUT2D eigenvalue weighted by Gasteiger charge is 2.14. The standard InChI is InChI=1S/C27H26S/c1-3-5-12-21-19-22-15-10-7-11-16-24(22)27(23(21)4-2)26-18-17-25(28-26)20-13-8-6-9-14-20/h3,5-9,11,13-19H,4,10,12H2,1-2H3. The summed E-state index contributed by atoms with van der Waals surface area (Å²) in [4.78, 5) is 2.70. The smallest absolute Gasteiger partial charge is 0.0358 e. The maximum absolute atomic E-state index is 2.41. The van der Waals surface area contributed by atoms with Crippen molar-refractivity contribution in [3.8, 4) is 20.9 Å². The minimum absolute atomic E-state index is 0.997. The van der Waals surface area contributed by atoms with E-state index in [1.807, 2.05) is 11.3 Å². The molecule has 0 nitrogen and oxygen atoms in total. The van der Waals surface area contributed by atoms with Gasteiger partial charge < -0.3 is 0 Å². The van der Waals surface area contributed by atoms with Crippen molar-refractivity contribution in [1.82, 2.24) is 0 Å². The molecule has 0 amide bonds. The van der Waals surface area contributed by atoms with Crippen molar-refractivity contribution in [1.29, 1.82) is 0 Å². The topological polar surface area (TPSA) is 0 Å². The van der Waals surface area contributed by atoms with E-state index < -0.39 is 0 Å². The van der Waals surface area contributed by atoms with E-state index in [1.54, 1.807) is 0 Å². The summed E-state index contributed by atoms with van der Waals surface area (Å²) in [6.07, 6.45) is 16.6. The van der Waals surface area contributed by atoms with Crippen LogP contribution in [0.3, 0.4) is 0 Å². The molecule has 2 aromatic carbocycles. The second-order valence-electron chi connectivity index (χ2n) is 7.08. The van der Waals surface area contributed by atoms with Gasteiger partial charge in [-0.15, -0.1) is 11.3 Å². The van der Waals surface area contributed by atoms with E-state index in [0.29, 0.717) is 0 Å². The molecule has 0 saturated carbocycles. The van der Waals surface area contributed by atoms with E-state index in [1.165, 1.54) is 42.4 Å². The van der Waals surface area contributed by atoms with Crippen molar-refractivity contribution in [3.05, 3.63) is 94.4 Å². The predicted octanol–water partition coefficient (Wildman–Crippen LogP) is 6.28. The monoisotopic (exact) mass is 382 g/mol. The summed E-state index contributed by atoms with van der Waals surface area (Å²) in [5, 5.41) is 2.74. The van der Waals surface area contributed by atoms with E-state index in [0.717, 1.165) is 19.3 Å². The van der Waals surface area contributed by atoms with Crippen molar-refractivity contribution in [2.75, 3.05) is 0 Å². The molecular formula is C27H26S. The Morgan fingerprint density at radius 3 is 2.64 bits per heavy atom. The third kappa shape index (κ3) is 3.68. The first-order chi connectivity index (χ1) is 13.8. The molecule has 0 fully saturated rings. The Labute approximate surface area is 171 Å². The van der Waals surface area contributed by atoms with Crippen LogP contribution in [0.15, 0.2) is 72.8 Å². The lowest BCUT2D eigenvalue weighted by atomic mass is 9.92. The fourth-order valence-electron chi connectivity index (χ4n) is 3.95. The minimum Gasteiger partial charge on any atom is -0.135 e. The van der Waals surface area contributed by atoms with E-state index in [2.05, 4.69) is 98.8 Å². The summed E-state index contributed by atoms with van der Waals surface area (Å²) in [6, 6.07) is 17.7. The fraction of sp³-hybridized carbons (Fsp3) is 0.185. The molecule has 0 bridgehead atoms. The van der Waals surface area contributed by atoms with Crippen molar-refractivity contribution in [2.45, 2.75) is 33.1 Å². The van der Waals surface area contributed by atoms with Crippen LogP contribution >= 0.6 is 11.3 Å². The molecule has 3 aromatic rings. The highest BCUT2D eigenvalue weighted by molar-refractivity contribution is 7.18. The Kier molecular flexibility index (Phi) is 5.73. The molecule has 0 atom stereocenters. The molecule has 1 aliphatic carbocycles. The van der Waals surface area contributed by atoms with Crippen molar-refractivity contribution in [3.63, 3.8) is 0 Å². The zero-order valence-corrected chi connectivity index (χ0v) is 17.4. The Balaban J connectivity index is 1.96. The van der Waals surface area contributed by atoms with Crippen molar-refractivity contribution < 1.29 is 0 Å². The van der Waals surface area contributed by atoms with Gasteiger partial charge in [0.25, 0.3) is 0 Å². The largest absolute Gasteiger partial charge is 0.135 e. The van der Waals surface area contributed by atoms with Crippen molar-refractivity contribution >= 4 is 23.5 Å². The predicted molar refractivity (Wildman–Crippen MR) is 125 cm³/mol. The van der Waals surface area contributed by atoms with Gasteiger partial charge in [0, 0.05) is 15.3 Å². The Morgan fingerprint density at radius 2 is 1.86 bits per heavy atom. The molecule has 0 aliphatic heterocycles. The highest BCUT2D eigenvalue weighted by atomic mass is 32.1. The SMILES string of the molecule is CC=CCc1cc2c(c(-c3ccc(-c4ccccc4)s3)c1CC)=CC=CCC=2. The Hall–Kier alpha value is -2.64. The summed E-state index contributed by atoms with van der Waals surface area (Å²) in [6.45, 7) is 4.39. The van der Waals surface area contributed by atoms with Gasteiger partial charge >= 0.3 is 0 Å². The first-order valence-corrected chi connectivity index (χ1v) is 10.9. The summed E-state index contributed by atoms with van der Waals surface area (Å²) in [5.74, 6) is 0. The highest BCUT2D eigenvalue weighted by Crippen LogP contribution is 2.35. The number of benzene rings is 2. The second kappa shape index (κ2) is 8.58. The van der Waals surface area contributed by atoms with Crippen LogP contribution in [0.4, 0.5) is 0 Å². The van der Waals surface area contributed by atoms with Crippen LogP contribution in [0.25, 0.3) is 33.0 Å². The van der Waals surface area contributed by atoms with E-state index in [4.69, 9.17) is 0 Å². The van der Waals surface area contributed by atoms with Crippen LogP contribution in [0.2, 0.25) is 0 Å². The average molecular weight is 383 g/mol. The number of hydrogen-bond acceptors (Lipinski definition) is 1. The first kappa shape index (κ1) is 18.7. The first-order valence-electron chi connectivity index (χ1n) is 10.1. The average Bonchev–Trinajstić information content (AvgIpc) is 3.10. The van der Waals surface area contributed by atoms with Gasteiger partial charge in [-0.3, -0.25) is 0 Å². The van der Waals surface area contributed by atoms with Crippen LogP contribution in [-0.2, 0) is 12.8 Å². The molecule has 4 rings (SSSR count). The van der Waals surface area contributed by atoms with Gasteiger partial charge in [-0.05, 0) is 65.4 Å². The summed E-state index contributed by atoms with van der Waals surface area (Å²) < 4.78 is 0. The van der Waals surface area contributed by atoms with Crippen LogP contribution in [0.1, 0.15) is 31.4 Å². The number of rotatable bonds is 5. The van der Waals surface area contributed by atoms with Gasteiger partial charge in [0.05, 0.1) is 0 Å². The number of hydrogen-bond donors (Lipinski definition) is 0. The maximum Gasteiger partial charge on any atom is 0.0358 e. The second-order valence-corrected chi connectivity index (χ2v) is 8.17. The fourth-order valence-corrected chi connectivity index (χ4v) is 5.05.